The first-order valence-electron chi connectivity index (χ1n) is 8.90. The van der Waals surface area contributed by atoms with Crippen molar-refractivity contribution in [3.8, 4) is 11.5 Å². The average Bonchev–Trinajstić information content (AvgIpc) is 2.70. The third-order valence-corrected chi connectivity index (χ3v) is 4.82. The van der Waals surface area contributed by atoms with Gasteiger partial charge in [0, 0.05) is 0 Å². The third kappa shape index (κ3) is 4.95. The van der Waals surface area contributed by atoms with E-state index in [1.54, 1.807) is 24.3 Å². The Kier molecular flexibility index (Phi) is 6.20. The van der Waals surface area contributed by atoms with Gasteiger partial charge in [0.05, 0.1) is 11.1 Å². The lowest BCUT2D eigenvalue weighted by Crippen LogP contribution is -1.99. The van der Waals surface area contributed by atoms with Gasteiger partial charge in [-0.3, -0.25) is 4.79 Å². The van der Waals surface area contributed by atoms with Crippen LogP contribution in [-0.2, 0) is 13.0 Å². The number of carbonyl (C=O) groups is 2. The molecule has 3 aromatic rings. The predicted molar refractivity (Wildman–Crippen MR) is 110 cm³/mol. The van der Waals surface area contributed by atoms with Gasteiger partial charge in [0.25, 0.3) is 0 Å². The highest BCUT2D eigenvalue weighted by Gasteiger charge is 2.14. The van der Waals surface area contributed by atoms with Crippen LogP contribution in [0.4, 0.5) is 0 Å². The third-order valence-electron chi connectivity index (χ3n) is 4.46. The number of aromatic hydroxyl groups is 1. The van der Waals surface area contributed by atoms with Crippen LogP contribution in [0.2, 0.25) is 5.02 Å². The van der Waals surface area contributed by atoms with Gasteiger partial charge in [0.2, 0.25) is 0 Å². The molecule has 3 aromatic carbocycles. The zero-order valence-corrected chi connectivity index (χ0v) is 16.4. The van der Waals surface area contributed by atoms with E-state index in [2.05, 4.69) is 0 Å². The first-order valence-corrected chi connectivity index (χ1v) is 9.28. The van der Waals surface area contributed by atoms with Gasteiger partial charge in [-0.25, -0.2) is 4.79 Å². The molecule has 0 aliphatic rings. The zero-order valence-electron chi connectivity index (χ0n) is 15.7. The number of phenolic OH excluding ortho intramolecular Hbond substituents is 1. The van der Waals surface area contributed by atoms with E-state index in [0.29, 0.717) is 12.2 Å². The molecule has 5 nitrogen and oxygen atoms in total. The predicted octanol–water partition coefficient (Wildman–Crippen LogP) is 5.12. The Morgan fingerprint density at radius 1 is 0.966 bits per heavy atom. The van der Waals surface area contributed by atoms with Crippen LogP contribution >= 0.6 is 11.6 Å². The molecule has 0 heterocycles. The Balaban J connectivity index is 1.66. The van der Waals surface area contributed by atoms with E-state index in [1.807, 2.05) is 30.3 Å². The van der Waals surface area contributed by atoms with Gasteiger partial charge in [-0.1, -0.05) is 48.0 Å². The fourth-order valence-electron chi connectivity index (χ4n) is 2.91. The van der Waals surface area contributed by atoms with Crippen molar-refractivity contribution in [3.05, 3.63) is 93.5 Å². The number of carboxylic acid groups (broad SMARTS) is 1. The summed E-state index contributed by atoms with van der Waals surface area (Å²) < 4.78 is 5.67. The summed E-state index contributed by atoms with van der Waals surface area (Å²) in [4.78, 5) is 22.5. The smallest absolute Gasteiger partial charge is 0.335 e. The van der Waals surface area contributed by atoms with Crippen LogP contribution in [0.5, 0.6) is 11.5 Å². The van der Waals surface area contributed by atoms with Gasteiger partial charge < -0.3 is 14.9 Å². The number of hydrogen-bond acceptors (Lipinski definition) is 4. The number of phenols is 1. The Bertz CT molecular complexity index is 1060. The summed E-state index contributed by atoms with van der Waals surface area (Å²) in [7, 11) is 0. The molecule has 0 atom stereocenters. The summed E-state index contributed by atoms with van der Waals surface area (Å²) in [5.74, 6) is -1.21. The Labute approximate surface area is 173 Å². The van der Waals surface area contributed by atoms with E-state index >= 15 is 0 Å². The quantitative estimate of drug-likeness (QED) is 0.528. The highest BCUT2D eigenvalue weighted by Crippen LogP contribution is 2.36. The Hall–Kier alpha value is -3.31. The maximum atomic E-state index is 11.4. The van der Waals surface area contributed by atoms with Crippen molar-refractivity contribution >= 4 is 23.4 Å². The minimum absolute atomic E-state index is 0.00707. The molecule has 6 heteroatoms. The number of ether oxygens (including phenoxy) is 1. The molecule has 0 amide bonds. The van der Waals surface area contributed by atoms with Crippen LogP contribution in [0.25, 0.3) is 0 Å². The van der Waals surface area contributed by atoms with E-state index in [0.717, 1.165) is 16.7 Å². The van der Waals surface area contributed by atoms with Gasteiger partial charge in [-0.05, 0) is 54.3 Å². The molecule has 2 N–H and O–H groups in total. The van der Waals surface area contributed by atoms with Crippen LogP contribution in [0, 0.1) is 0 Å². The SMILES string of the molecule is CC(=O)c1ccc(OCc2ccc(Cc3cccc(C(=O)O)c3)cc2)c(Cl)c1O. The summed E-state index contributed by atoms with van der Waals surface area (Å²) in [6.45, 7) is 1.60. The van der Waals surface area contributed by atoms with E-state index in [9.17, 15) is 14.7 Å². The van der Waals surface area contributed by atoms with Gasteiger partial charge >= 0.3 is 5.97 Å². The van der Waals surface area contributed by atoms with Crippen molar-refractivity contribution in [2.45, 2.75) is 20.0 Å². The van der Waals surface area contributed by atoms with Crippen molar-refractivity contribution in [3.63, 3.8) is 0 Å². The van der Waals surface area contributed by atoms with Crippen molar-refractivity contribution in [2.24, 2.45) is 0 Å². The summed E-state index contributed by atoms with van der Waals surface area (Å²) >= 11 is 6.09. The lowest BCUT2D eigenvalue weighted by Gasteiger charge is -2.11. The van der Waals surface area contributed by atoms with Crippen molar-refractivity contribution in [2.75, 3.05) is 0 Å². The van der Waals surface area contributed by atoms with Crippen LogP contribution < -0.4 is 4.74 Å². The topological polar surface area (TPSA) is 83.8 Å². The second-order valence-corrected chi connectivity index (χ2v) is 7.00. The molecular weight excluding hydrogens is 392 g/mol. The molecule has 3 rings (SSSR count). The maximum Gasteiger partial charge on any atom is 0.335 e. The summed E-state index contributed by atoms with van der Waals surface area (Å²) in [5.41, 5.74) is 3.28. The lowest BCUT2D eigenvalue weighted by molar-refractivity contribution is 0.0696. The average molecular weight is 411 g/mol. The molecule has 0 fully saturated rings. The first kappa shape index (κ1) is 20.4. The summed E-state index contributed by atoms with van der Waals surface area (Å²) in [6, 6.07) is 17.6. The fourth-order valence-corrected chi connectivity index (χ4v) is 3.13. The normalized spacial score (nSPS) is 10.6. The van der Waals surface area contributed by atoms with Crippen molar-refractivity contribution < 1.29 is 24.5 Å². The minimum atomic E-state index is -0.944. The summed E-state index contributed by atoms with van der Waals surface area (Å²) in [5, 5.41) is 19.1. The van der Waals surface area contributed by atoms with Gasteiger partial charge in [0.1, 0.15) is 23.1 Å². The second-order valence-electron chi connectivity index (χ2n) is 6.62. The Morgan fingerprint density at radius 3 is 2.31 bits per heavy atom. The monoisotopic (exact) mass is 410 g/mol. The van der Waals surface area contributed by atoms with Crippen LogP contribution in [0.15, 0.2) is 60.7 Å². The maximum absolute atomic E-state index is 11.4. The number of halogens is 1. The van der Waals surface area contributed by atoms with Crippen molar-refractivity contribution in [1.29, 1.82) is 0 Å². The van der Waals surface area contributed by atoms with Crippen LogP contribution in [0.1, 0.15) is 44.3 Å². The molecule has 0 aliphatic carbocycles. The second kappa shape index (κ2) is 8.80. The van der Waals surface area contributed by atoms with Crippen LogP contribution in [-0.4, -0.2) is 22.0 Å². The van der Waals surface area contributed by atoms with Gasteiger partial charge in [-0.2, -0.15) is 0 Å². The van der Waals surface area contributed by atoms with Crippen molar-refractivity contribution in [1.82, 2.24) is 0 Å². The van der Waals surface area contributed by atoms with Gasteiger partial charge in [0.15, 0.2) is 5.78 Å². The number of ketones is 1. The molecule has 148 valence electrons. The minimum Gasteiger partial charge on any atom is -0.505 e. The molecule has 0 aromatic heterocycles. The van der Waals surface area contributed by atoms with E-state index in [1.165, 1.54) is 13.0 Å². The molecule has 0 radical (unpaired) electrons. The number of carbonyl (C=O) groups excluding carboxylic acids is 1. The number of rotatable bonds is 7. The summed E-state index contributed by atoms with van der Waals surface area (Å²) in [6.07, 6.45) is 0.620. The number of carboxylic acids is 1. The first-order chi connectivity index (χ1) is 13.8. The van der Waals surface area contributed by atoms with Crippen LogP contribution in [0.3, 0.4) is 0 Å². The van der Waals surface area contributed by atoms with E-state index in [4.69, 9.17) is 21.4 Å². The zero-order chi connectivity index (χ0) is 21.0. The lowest BCUT2D eigenvalue weighted by atomic mass is 10.0. The molecule has 0 bridgehead atoms. The highest BCUT2D eigenvalue weighted by molar-refractivity contribution is 6.34. The molecule has 0 saturated heterocycles. The largest absolute Gasteiger partial charge is 0.505 e. The molecule has 0 unspecified atom stereocenters. The number of benzene rings is 3. The standard InChI is InChI=1S/C23H19ClO5/c1-14(25)19-9-10-20(21(24)22(19)26)29-13-16-7-5-15(6-8-16)11-17-3-2-4-18(12-17)23(27)28/h2-10,12,26H,11,13H2,1H3,(H,27,28). The number of Topliss-reactive ketones (excluding diaryl/α,β-unsaturated/α-hetero) is 1. The molecule has 0 saturated carbocycles. The van der Waals surface area contributed by atoms with Gasteiger partial charge in [-0.15, -0.1) is 0 Å². The van der Waals surface area contributed by atoms with E-state index < -0.39 is 5.97 Å². The fraction of sp³-hybridized carbons (Fsp3) is 0.130. The molecular formula is C23H19ClO5. The highest BCUT2D eigenvalue weighted by atomic mass is 35.5. The molecule has 0 spiro atoms. The number of aromatic carboxylic acids is 1. The molecule has 0 aliphatic heterocycles. The Morgan fingerprint density at radius 2 is 1.66 bits per heavy atom. The molecule has 29 heavy (non-hydrogen) atoms. The van der Waals surface area contributed by atoms with E-state index in [-0.39, 0.29) is 34.3 Å². The number of hydrogen-bond donors (Lipinski definition) is 2.